The molecular formula is C12H13BrN4O. The lowest BCUT2D eigenvalue weighted by molar-refractivity contribution is -0.115. The summed E-state index contributed by atoms with van der Waals surface area (Å²) < 4.78 is 1.80. The summed E-state index contributed by atoms with van der Waals surface area (Å²) in [4.78, 5) is 19.7. The summed E-state index contributed by atoms with van der Waals surface area (Å²) in [5.74, 6) is 0.700. The molecule has 1 N–H and O–H groups in total. The van der Waals surface area contributed by atoms with Gasteiger partial charge in [-0.1, -0.05) is 22.9 Å². The van der Waals surface area contributed by atoms with Gasteiger partial charge in [-0.2, -0.15) is 0 Å². The maximum absolute atomic E-state index is 11.7. The minimum absolute atomic E-state index is 0.0605. The summed E-state index contributed by atoms with van der Waals surface area (Å²) >= 11 is 3.30. The number of anilines is 1. The zero-order valence-electron chi connectivity index (χ0n) is 9.88. The van der Waals surface area contributed by atoms with Crippen LogP contribution in [0, 0.1) is 0 Å². The number of halogens is 1. The van der Waals surface area contributed by atoms with Gasteiger partial charge in [0.25, 0.3) is 0 Å². The normalized spacial score (nSPS) is 12.1. The van der Waals surface area contributed by atoms with Gasteiger partial charge in [-0.3, -0.25) is 9.36 Å². The second kappa shape index (κ2) is 5.77. The van der Waals surface area contributed by atoms with Gasteiger partial charge in [-0.05, 0) is 18.6 Å². The highest BCUT2D eigenvalue weighted by Gasteiger charge is 2.12. The van der Waals surface area contributed by atoms with E-state index in [-0.39, 0.29) is 10.7 Å². The topological polar surface area (TPSA) is 59.8 Å². The number of imidazole rings is 1. The SMILES string of the molecule is CCC(Br)C(=O)Nc1ccc(-n2ccnc2)nc1. The van der Waals surface area contributed by atoms with Crippen LogP contribution in [0.5, 0.6) is 0 Å². The highest BCUT2D eigenvalue weighted by Crippen LogP contribution is 2.12. The van der Waals surface area contributed by atoms with Crippen LogP contribution in [0.15, 0.2) is 37.1 Å². The van der Waals surface area contributed by atoms with Crippen LogP contribution >= 0.6 is 15.9 Å². The van der Waals surface area contributed by atoms with E-state index in [0.717, 1.165) is 12.2 Å². The molecule has 1 unspecified atom stereocenters. The number of carbonyl (C=O) groups is 1. The van der Waals surface area contributed by atoms with Crippen molar-refractivity contribution in [3.05, 3.63) is 37.1 Å². The van der Waals surface area contributed by atoms with Crippen LogP contribution in [-0.2, 0) is 4.79 Å². The predicted molar refractivity (Wildman–Crippen MR) is 73.0 cm³/mol. The molecule has 0 aliphatic rings. The Bertz CT molecular complexity index is 509. The standard InChI is InChI=1S/C12H13BrN4O/c1-2-10(13)12(18)16-9-3-4-11(15-7-9)17-6-5-14-8-17/h3-8,10H,2H2,1H3,(H,16,18). The highest BCUT2D eigenvalue weighted by atomic mass is 79.9. The number of nitrogens with zero attached hydrogens (tertiary/aromatic N) is 3. The van der Waals surface area contributed by atoms with Gasteiger partial charge in [0.15, 0.2) is 0 Å². The molecule has 0 aliphatic carbocycles. The summed E-state index contributed by atoms with van der Waals surface area (Å²) in [6.45, 7) is 1.94. The summed E-state index contributed by atoms with van der Waals surface area (Å²) in [6, 6.07) is 3.64. The third-order valence-electron chi connectivity index (χ3n) is 2.43. The van der Waals surface area contributed by atoms with Gasteiger partial charge in [0, 0.05) is 12.4 Å². The average molecular weight is 309 g/mol. The Morgan fingerprint density at radius 1 is 1.56 bits per heavy atom. The molecule has 0 aromatic carbocycles. The fourth-order valence-corrected chi connectivity index (χ4v) is 1.53. The predicted octanol–water partition coefficient (Wildman–Crippen LogP) is 2.38. The van der Waals surface area contributed by atoms with Gasteiger partial charge < -0.3 is 5.32 Å². The second-order valence-corrected chi connectivity index (χ2v) is 4.85. The molecule has 1 atom stereocenters. The molecule has 0 spiro atoms. The Hall–Kier alpha value is -1.69. The van der Waals surface area contributed by atoms with Crippen LogP contribution < -0.4 is 5.32 Å². The van der Waals surface area contributed by atoms with E-state index in [4.69, 9.17) is 0 Å². The van der Waals surface area contributed by atoms with E-state index in [2.05, 4.69) is 31.2 Å². The molecule has 5 nitrogen and oxygen atoms in total. The van der Waals surface area contributed by atoms with Crippen LogP contribution in [0.1, 0.15) is 13.3 Å². The maximum Gasteiger partial charge on any atom is 0.238 e. The zero-order valence-corrected chi connectivity index (χ0v) is 11.5. The van der Waals surface area contributed by atoms with Gasteiger partial charge in [0.05, 0.1) is 16.7 Å². The molecule has 0 aliphatic heterocycles. The third kappa shape index (κ3) is 2.95. The van der Waals surface area contributed by atoms with Gasteiger partial charge >= 0.3 is 0 Å². The summed E-state index contributed by atoms with van der Waals surface area (Å²) in [6.07, 6.45) is 7.54. The Morgan fingerprint density at radius 2 is 2.39 bits per heavy atom. The number of alkyl halides is 1. The van der Waals surface area contributed by atoms with Crippen LogP contribution in [0.25, 0.3) is 5.82 Å². The van der Waals surface area contributed by atoms with E-state index in [9.17, 15) is 4.79 Å². The molecule has 6 heteroatoms. The van der Waals surface area contributed by atoms with Gasteiger partial charge in [-0.15, -0.1) is 0 Å². The number of hydrogen-bond donors (Lipinski definition) is 1. The molecule has 0 fully saturated rings. The first-order valence-corrected chi connectivity index (χ1v) is 6.51. The number of aromatic nitrogens is 3. The van der Waals surface area contributed by atoms with Gasteiger partial charge in [0.2, 0.25) is 5.91 Å². The van der Waals surface area contributed by atoms with Crippen molar-refractivity contribution in [3.8, 4) is 5.82 Å². The van der Waals surface area contributed by atoms with Gasteiger partial charge in [0.1, 0.15) is 12.1 Å². The van der Waals surface area contributed by atoms with Crippen LogP contribution in [0.2, 0.25) is 0 Å². The molecular weight excluding hydrogens is 296 g/mol. The first kappa shape index (κ1) is 12.8. The number of rotatable bonds is 4. The van der Waals surface area contributed by atoms with E-state index in [0.29, 0.717) is 5.69 Å². The molecule has 0 saturated carbocycles. The van der Waals surface area contributed by atoms with E-state index in [1.807, 2.05) is 25.3 Å². The summed E-state index contributed by atoms with van der Waals surface area (Å²) in [5.41, 5.74) is 0.682. The molecule has 2 rings (SSSR count). The molecule has 2 aromatic rings. The van der Waals surface area contributed by atoms with Crippen LogP contribution in [-0.4, -0.2) is 25.3 Å². The number of hydrogen-bond acceptors (Lipinski definition) is 3. The lowest BCUT2D eigenvalue weighted by atomic mass is 10.3. The fraction of sp³-hybridized carbons (Fsp3) is 0.250. The molecule has 94 valence electrons. The number of carbonyl (C=O) groups excluding carboxylic acids is 1. The zero-order chi connectivity index (χ0) is 13.0. The minimum atomic E-state index is -0.175. The van der Waals surface area contributed by atoms with Crippen molar-refractivity contribution in [2.24, 2.45) is 0 Å². The van der Waals surface area contributed by atoms with Crippen LogP contribution in [0.3, 0.4) is 0 Å². The minimum Gasteiger partial charge on any atom is -0.324 e. The maximum atomic E-state index is 11.7. The molecule has 18 heavy (non-hydrogen) atoms. The molecule has 2 aromatic heterocycles. The first-order valence-electron chi connectivity index (χ1n) is 5.60. The lowest BCUT2D eigenvalue weighted by Gasteiger charge is -2.09. The van der Waals surface area contributed by atoms with Crippen molar-refractivity contribution < 1.29 is 4.79 Å². The lowest BCUT2D eigenvalue weighted by Crippen LogP contribution is -2.22. The van der Waals surface area contributed by atoms with E-state index in [1.54, 1.807) is 23.3 Å². The first-order chi connectivity index (χ1) is 8.70. The van der Waals surface area contributed by atoms with E-state index >= 15 is 0 Å². The van der Waals surface area contributed by atoms with Crippen molar-refractivity contribution in [2.45, 2.75) is 18.2 Å². The van der Waals surface area contributed by atoms with Crippen molar-refractivity contribution in [2.75, 3.05) is 5.32 Å². The third-order valence-corrected chi connectivity index (χ3v) is 3.49. The van der Waals surface area contributed by atoms with Crippen molar-refractivity contribution in [1.82, 2.24) is 14.5 Å². The number of amides is 1. The summed E-state index contributed by atoms with van der Waals surface area (Å²) in [7, 11) is 0. The number of pyridine rings is 1. The fourth-order valence-electron chi connectivity index (χ4n) is 1.41. The Balaban J connectivity index is 2.06. The van der Waals surface area contributed by atoms with Crippen molar-refractivity contribution >= 4 is 27.5 Å². The average Bonchev–Trinajstić information content (AvgIpc) is 2.92. The Morgan fingerprint density at radius 3 is 2.94 bits per heavy atom. The molecule has 1 amide bonds. The Labute approximate surface area is 113 Å². The smallest absolute Gasteiger partial charge is 0.238 e. The van der Waals surface area contributed by atoms with Crippen molar-refractivity contribution in [3.63, 3.8) is 0 Å². The monoisotopic (exact) mass is 308 g/mol. The Kier molecular flexibility index (Phi) is 4.09. The quantitative estimate of drug-likeness (QED) is 0.882. The van der Waals surface area contributed by atoms with Gasteiger partial charge in [-0.25, -0.2) is 9.97 Å². The molecule has 0 saturated heterocycles. The highest BCUT2D eigenvalue weighted by molar-refractivity contribution is 9.10. The van der Waals surface area contributed by atoms with E-state index < -0.39 is 0 Å². The molecule has 0 bridgehead atoms. The number of nitrogens with one attached hydrogen (secondary N) is 1. The molecule has 0 radical (unpaired) electrons. The van der Waals surface area contributed by atoms with E-state index in [1.165, 1.54) is 0 Å². The largest absolute Gasteiger partial charge is 0.324 e. The van der Waals surface area contributed by atoms with Crippen molar-refractivity contribution in [1.29, 1.82) is 0 Å². The van der Waals surface area contributed by atoms with Crippen LogP contribution in [0.4, 0.5) is 5.69 Å². The summed E-state index contributed by atoms with van der Waals surface area (Å²) in [5, 5.41) is 2.79. The second-order valence-electron chi connectivity index (χ2n) is 3.74. The molecule has 2 heterocycles.